The van der Waals surface area contributed by atoms with Crippen molar-refractivity contribution in [2.75, 3.05) is 25.1 Å². The first-order valence-electron chi connectivity index (χ1n) is 4.27. The van der Waals surface area contributed by atoms with Crippen molar-refractivity contribution in [2.45, 2.75) is 0 Å². The number of aliphatic hydroxyl groups is 1. The van der Waals surface area contributed by atoms with E-state index in [2.05, 4.69) is 4.98 Å². The van der Waals surface area contributed by atoms with Crippen molar-refractivity contribution in [1.29, 1.82) is 5.41 Å². The maximum absolute atomic E-state index is 8.72. The fourth-order valence-corrected chi connectivity index (χ4v) is 1.04. The first-order chi connectivity index (χ1) is 6.65. The summed E-state index contributed by atoms with van der Waals surface area (Å²) < 4.78 is 0. The summed E-state index contributed by atoms with van der Waals surface area (Å²) in [5.41, 5.74) is 5.89. The van der Waals surface area contributed by atoms with E-state index in [1.54, 1.807) is 18.3 Å². The fraction of sp³-hybridized carbons (Fsp3) is 0.333. The van der Waals surface area contributed by atoms with Gasteiger partial charge in [-0.2, -0.15) is 0 Å². The smallest absolute Gasteiger partial charge is 0.128 e. The Morgan fingerprint density at radius 1 is 1.64 bits per heavy atom. The number of likely N-dealkylation sites (N-methyl/N-ethyl adjacent to an activating group) is 1. The molecule has 0 fully saturated rings. The molecule has 0 amide bonds. The zero-order chi connectivity index (χ0) is 10.6. The highest BCUT2D eigenvalue weighted by molar-refractivity contribution is 5.94. The molecule has 0 atom stereocenters. The molecule has 5 heteroatoms. The van der Waals surface area contributed by atoms with Gasteiger partial charge < -0.3 is 15.7 Å². The fourth-order valence-electron chi connectivity index (χ4n) is 1.04. The monoisotopic (exact) mass is 194 g/mol. The van der Waals surface area contributed by atoms with Gasteiger partial charge in [-0.05, 0) is 12.1 Å². The lowest BCUT2D eigenvalue weighted by Gasteiger charge is -2.16. The van der Waals surface area contributed by atoms with Crippen molar-refractivity contribution in [3.05, 3.63) is 23.9 Å². The Kier molecular flexibility index (Phi) is 3.41. The van der Waals surface area contributed by atoms with Crippen LogP contribution in [0.5, 0.6) is 0 Å². The van der Waals surface area contributed by atoms with Crippen LogP contribution < -0.4 is 10.6 Å². The van der Waals surface area contributed by atoms with Gasteiger partial charge in [0.15, 0.2) is 0 Å². The lowest BCUT2D eigenvalue weighted by molar-refractivity contribution is 0.304. The van der Waals surface area contributed by atoms with E-state index in [9.17, 15) is 0 Å². The zero-order valence-corrected chi connectivity index (χ0v) is 8.07. The number of nitrogens with zero attached hydrogens (tertiary/aromatic N) is 2. The van der Waals surface area contributed by atoms with Crippen LogP contribution in [0, 0.1) is 5.41 Å². The van der Waals surface area contributed by atoms with Crippen molar-refractivity contribution in [1.82, 2.24) is 4.98 Å². The van der Waals surface area contributed by atoms with E-state index in [0.29, 0.717) is 12.1 Å². The lowest BCUT2D eigenvalue weighted by atomic mass is 10.2. The first-order valence-corrected chi connectivity index (χ1v) is 4.27. The van der Waals surface area contributed by atoms with E-state index < -0.39 is 0 Å². The number of hydrogen-bond acceptors (Lipinski definition) is 4. The molecule has 0 aliphatic carbocycles. The first kappa shape index (κ1) is 10.5. The van der Waals surface area contributed by atoms with Gasteiger partial charge in [0.2, 0.25) is 0 Å². The number of anilines is 1. The third-order valence-electron chi connectivity index (χ3n) is 1.89. The predicted molar refractivity (Wildman–Crippen MR) is 55.6 cm³/mol. The van der Waals surface area contributed by atoms with Crippen LogP contribution in [-0.2, 0) is 0 Å². The van der Waals surface area contributed by atoms with E-state index in [1.165, 1.54) is 0 Å². The van der Waals surface area contributed by atoms with Crippen molar-refractivity contribution < 1.29 is 5.11 Å². The van der Waals surface area contributed by atoms with Crippen LogP contribution in [0.15, 0.2) is 18.3 Å². The summed E-state index contributed by atoms with van der Waals surface area (Å²) in [6, 6.07) is 3.50. The Hall–Kier alpha value is -1.62. The van der Waals surface area contributed by atoms with Crippen molar-refractivity contribution in [3.8, 4) is 0 Å². The number of nitrogen functional groups attached to an aromatic ring is 1. The van der Waals surface area contributed by atoms with E-state index >= 15 is 0 Å². The molecule has 1 aromatic rings. The molecule has 0 saturated heterocycles. The number of nitrogens with two attached hydrogens (primary N) is 1. The van der Waals surface area contributed by atoms with Crippen LogP contribution in [-0.4, -0.2) is 36.1 Å². The van der Waals surface area contributed by atoms with Gasteiger partial charge in [0, 0.05) is 25.4 Å². The molecule has 76 valence electrons. The molecular formula is C9H14N4O. The Balaban J connectivity index is 2.77. The molecule has 0 saturated carbocycles. The maximum Gasteiger partial charge on any atom is 0.128 e. The van der Waals surface area contributed by atoms with Crippen LogP contribution in [0.4, 0.5) is 5.82 Å². The lowest BCUT2D eigenvalue weighted by Crippen LogP contribution is -2.22. The summed E-state index contributed by atoms with van der Waals surface area (Å²) in [4.78, 5) is 5.94. The summed E-state index contributed by atoms with van der Waals surface area (Å²) in [5.74, 6) is 0.762. The van der Waals surface area contributed by atoms with E-state index in [-0.39, 0.29) is 12.4 Å². The topological polar surface area (TPSA) is 86.2 Å². The van der Waals surface area contributed by atoms with Crippen LogP contribution in [0.1, 0.15) is 5.56 Å². The van der Waals surface area contributed by atoms with E-state index in [1.807, 2.05) is 11.9 Å². The molecular weight excluding hydrogens is 180 g/mol. The number of rotatable bonds is 4. The third-order valence-corrected chi connectivity index (χ3v) is 1.89. The van der Waals surface area contributed by atoms with Crippen LogP contribution in [0.3, 0.4) is 0 Å². The van der Waals surface area contributed by atoms with Crippen molar-refractivity contribution >= 4 is 11.7 Å². The maximum atomic E-state index is 8.72. The molecule has 0 aliphatic rings. The Morgan fingerprint density at radius 3 is 2.79 bits per heavy atom. The van der Waals surface area contributed by atoms with Crippen LogP contribution in [0.2, 0.25) is 0 Å². The Labute approximate surface area is 82.7 Å². The zero-order valence-electron chi connectivity index (χ0n) is 8.07. The van der Waals surface area contributed by atoms with Gasteiger partial charge in [0.1, 0.15) is 11.7 Å². The van der Waals surface area contributed by atoms with E-state index in [4.69, 9.17) is 16.2 Å². The minimum atomic E-state index is 0.00820. The SMILES string of the molecule is CN(CCO)c1ccc(C(=N)N)cn1. The average Bonchev–Trinajstić information content (AvgIpc) is 2.18. The summed E-state index contributed by atoms with van der Waals surface area (Å²) in [7, 11) is 1.84. The second-order valence-corrected chi connectivity index (χ2v) is 2.96. The van der Waals surface area contributed by atoms with Gasteiger partial charge in [-0.3, -0.25) is 5.41 Å². The molecule has 0 bridgehead atoms. The Morgan fingerprint density at radius 2 is 2.36 bits per heavy atom. The van der Waals surface area contributed by atoms with Crippen LogP contribution in [0.25, 0.3) is 0 Å². The van der Waals surface area contributed by atoms with Crippen molar-refractivity contribution in [2.24, 2.45) is 5.73 Å². The number of nitrogens with one attached hydrogen (secondary N) is 1. The number of pyridine rings is 1. The molecule has 0 unspecified atom stereocenters. The standard InChI is InChI=1S/C9H14N4O/c1-13(4-5-14)8-3-2-7(6-12-8)9(10)11/h2-3,6,14H,4-5H2,1H3,(H3,10,11). The van der Waals surface area contributed by atoms with Crippen LogP contribution >= 0.6 is 0 Å². The quantitative estimate of drug-likeness (QED) is 0.457. The molecule has 5 nitrogen and oxygen atoms in total. The predicted octanol–water partition coefficient (Wildman–Crippen LogP) is -0.206. The molecule has 1 aromatic heterocycles. The number of aliphatic hydroxyl groups excluding tert-OH is 1. The molecule has 4 N–H and O–H groups in total. The summed E-state index contributed by atoms with van der Waals surface area (Å²) in [6.07, 6.45) is 1.55. The minimum Gasteiger partial charge on any atom is -0.395 e. The van der Waals surface area contributed by atoms with Gasteiger partial charge >= 0.3 is 0 Å². The minimum absolute atomic E-state index is 0.00820. The molecule has 0 aliphatic heterocycles. The van der Waals surface area contributed by atoms with Gasteiger partial charge in [-0.1, -0.05) is 0 Å². The van der Waals surface area contributed by atoms with Crippen molar-refractivity contribution in [3.63, 3.8) is 0 Å². The highest BCUT2D eigenvalue weighted by Crippen LogP contribution is 2.08. The molecule has 0 aromatic carbocycles. The molecule has 0 radical (unpaired) electrons. The molecule has 14 heavy (non-hydrogen) atoms. The number of amidine groups is 1. The van der Waals surface area contributed by atoms with E-state index in [0.717, 1.165) is 5.82 Å². The second kappa shape index (κ2) is 4.57. The summed E-state index contributed by atoms with van der Waals surface area (Å²) in [5, 5.41) is 15.9. The normalized spacial score (nSPS) is 9.86. The van der Waals surface area contributed by atoms with Gasteiger partial charge in [0.25, 0.3) is 0 Å². The highest BCUT2D eigenvalue weighted by atomic mass is 16.3. The summed E-state index contributed by atoms with van der Waals surface area (Å²) in [6.45, 7) is 0.624. The number of hydrogen-bond donors (Lipinski definition) is 3. The molecule has 0 spiro atoms. The summed E-state index contributed by atoms with van der Waals surface area (Å²) >= 11 is 0. The largest absolute Gasteiger partial charge is 0.395 e. The second-order valence-electron chi connectivity index (χ2n) is 2.96. The average molecular weight is 194 g/mol. The molecule has 1 heterocycles. The van der Waals surface area contributed by atoms with Gasteiger partial charge in [0.05, 0.1) is 6.61 Å². The Bertz CT molecular complexity index is 309. The van der Waals surface area contributed by atoms with Gasteiger partial charge in [-0.25, -0.2) is 4.98 Å². The molecule has 1 rings (SSSR count). The van der Waals surface area contributed by atoms with Gasteiger partial charge in [-0.15, -0.1) is 0 Å². The highest BCUT2D eigenvalue weighted by Gasteiger charge is 2.02. The number of aromatic nitrogens is 1. The third kappa shape index (κ3) is 2.43.